The quantitative estimate of drug-likeness (QED) is 0.852. The maximum atomic E-state index is 4.68. The Morgan fingerprint density at radius 3 is 2.55 bits per heavy atom. The van der Waals surface area contributed by atoms with Crippen molar-refractivity contribution in [3.05, 3.63) is 11.9 Å². The lowest BCUT2D eigenvalue weighted by molar-refractivity contribution is 0.349. The van der Waals surface area contributed by atoms with E-state index in [1.807, 2.05) is 6.07 Å². The normalized spacial score (nSPS) is 22.9. The number of nitrogens with zero attached hydrogens (tertiary/aromatic N) is 2. The summed E-state index contributed by atoms with van der Waals surface area (Å²) in [5.74, 6) is 3.88. The largest absolute Gasteiger partial charge is 0.370 e. The molecule has 0 saturated heterocycles. The first-order valence-electron chi connectivity index (χ1n) is 7.99. The second kappa shape index (κ2) is 6.91. The Morgan fingerprint density at radius 2 is 1.90 bits per heavy atom. The lowest BCUT2D eigenvalue weighted by Gasteiger charge is -2.30. The van der Waals surface area contributed by atoms with E-state index in [0.29, 0.717) is 12.0 Å². The van der Waals surface area contributed by atoms with E-state index >= 15 is 0 Å². The van der Waals surface area contributed by atoms with E-state index in [1.54, 1.807) is 0 Å². The smallest absolute Gasteiger partial charge is 0.135 e. The minimum Gasteiger partial charge on any atom is -0.370 e. The van der Waals surface area contributed by atoms with Crippen molar-refractivity contribution < 1.29 is 0 Å². The Morgan fingerprint density at radius 1 is 1.20 bits per heavy atom. The molecule has 0 amide bonds. The molecule has 112 valence electrons. The van der Waals surface area contributed by atoms with Crippen LogP contribution in [0.1, 0.15) is 65.1 Å². The fourth-order valence-corrected chi connectivity index (χ4v) is 2.79. The minimum atomic E-state index is 0.345. The van der Waals surface area contributed by atoms with E-state index in [1.165, 1.54) is 25.7 Å². The summed E-state index contributed by atoms with van der Waals surface area (Å²) in [4.78, 5) is 9.25. The Labute approximate surface area is 122 Å². The Balaban J connectivity index is 2.16. The molecule has 1 aliphatic rings. The van der Waals surface area contributed by atoms with Crippen LogP contribution >= 0.6 is 0 Å². The second-order valence-corrected chi connectivity index (χ2v) is 6.19. The molecule has 4 heteroatoms. The molecule has 0 radical (unpaired) electrons. The van der Waals surface area contributed by atoms with Crippen molar-refractivity contribution in [2.24, 2.45) is 5.92 Å². The SMILES string of the molecule is CCNc1cc(NC2CCCCC2C)nc(C(C)C)n1. The van der Waals surface area contributed by atoms with Crippen molar-refractivity contribution in [2.75, 3.05) is 17.2 Å². The van der Waals surface area contributed by atoms with Crippen LogP contribution in [0.15, 0.2) is 6.07 Å². The summed E-state index contributed by atoms with van der Waals surface area (Å²) in [5, 5.41) is 6.93. The number of hydrogen-bond acceptors (Lipinski definition) is 4. The monoisotopic (exact) mass is 276 g/mol. The van der Waals surface area contributed by atoms with Gasteiger partial charge in [-0.2, -0.15) is 0 Å². The summed E-state index contributed by atoms with van der Waals surface area (Å²) in [6.07, 6.45) is 5.26. The fourth-order valence-electron chi connectivity index (χ4n) is 2.79. The van der Waals surface area contributed by atoms with Crippen molar-refractivity contribution in [3.8, 4) is 0 Å². The maximum absolute atomic E-state index is 4.68. The Hall–Kier alpha value is -1.32. The third-order valence-corrected chi connectivity index (χ3v) is 4.06. The van der Waals surface area contributed by atoms with Gasteiger partial charge in [0.25, 0.3) is 0 Å². The first kappa shape index (κ1) is 15.1. The second-order valence-electron chi connectivity index (χ2n) is 6.19. The predicted molar refractivity (Wildman–Crippen MR) is 85.3 cm³/mol. The van der Waals surface area contributed by atoms with Gasteiger partial charge >= 0.3 is 0 Å². The molecule has 1 heterocycles. The van der Waals surface area contributed by atoms with E-state index in [-0.39, 0.29) is 0 Å². The topological polar surface area (TPSA) is 49.8 Å². The third kappa shape index (κ3) is 3.84. The molecular formula is C16H28N4. The van der Waals surface area contributed by atoms with Crippen LogP contribution in [0.5, 0.6) is 0 Å². The predicted octanol–water partition coefficient (Wildman–Crippen LogP) is 4.02. The summed E-state index contributed by atoms with van der Waals surface area (Å²) in [7, 11) is 0. The summed E-state index contributed by atoms with van der Waals surface area (Å²) in [6.45, 7) is 9.59. The van der Waals surface area contributed by atoms with Gasteiger partial charge in [0.15, 0.2) is 0 Å². The van der Waals surface area contributed by atoms with E-state index in [2.05, 4.69) is 48.3 Å². The van der Waals surface area contributed by atoms with Crippen LogP contribution in [0.3, 0.4) is 0 Å². The minimum absolute atomic E-state index is 0.345. The molecule has 2 unspecified atom stereocenters. The zero-order valence-corrected chi connectivity index (χ0v) is 13.2. The van der Waals surface area contributed by atoms with Crippen LogP contribution in [0, 0.1) is 5.92 Å². The van der Waals surface area contributed by atoms with Crippen LogP contribution < -0.4 is 10.6 Å². The first-order valence-corrected chi connectivity index (χ1v) is 7.99. The van der Waals surface area contributed by atoms with E-state index in [0.717, 1.165) is 29.9 Å². The van der Waals surface area contributed by atoms with Gasteiger partial charge in [0.1, 0.15) is 17.5 Å². The van der Waals surface area contributed by atoms with Gasteiger partial charge in [0.05, 0.1) is 0 Å². The zero-order chi connectivity index (χ0) is 14.5. The molecule has 0 spiro atoms. The third-order valence-electron chi connectivity index (χ3n) is 4.06. The molecule has 1 aromatic heterocycles. The average Bonchev–Trinajstić information content (AvgIpc) is 2.41. The number of aromatic nitrogens is 2. The highest BCUT2D eigenvalue weighted by atomic mass is 15.1. The Kier molecular flexibility index (Phi) is 5.21. The standard InChI is InChI=1S/C16H28N4/c1-5-17-14-10-15(20-16(19-14)11(2)3)18-13-9-7-6-8-12(13)4/h10-13H,5-9H2,1-4H3,(H2,17,18,19,20). The lowest BCUT2D eigenvalue weighted by atomic mass is 9.86. The van der Waals surface area contributed by atoms with Gasteiger partial charge in [-0.25, -0.2) is 9.97 Å². The number of anilines is 2. The van der Waals surface area contributed by atoms with Gasteiger partial charge in [-0.15, -0.1) is 0 Å². The Bertz CT molecular complexity index is 430. The summed E-state index contributed by atoms with van der Waals surface area (Å²) >= 11 is 0. The van der Waals surface area contributed by atoms with Crippen molar-refractivity contribution >= 4 is 11.6 Å². The number of nitrogens with one attached hydrogen (secondary N) is 2. The highest BCUT2D eigenvalue weighted by Crippen LogP contribution is 2.27. The van der Waals surface area contributed by atoms with Crippen LogP contribution in [0.4, 0.5) is 11.6 Å². The molecule has 1 aromatic rings. The van der Waals surface area contributed by atoms with Crippen molar-refractivity contribution in [3.63, 3.8) is 0 Å². The molecule has 0 aromatic carbocycles. The van der Waals surface area contributed by atoms with Crippen LogP contribution in [0.2, 0.25) is 0 Å². The molecule has 1 saturated carbocycles. The molecule has 2 rings (SSSR count). The zero-order valence-electron chi connectivity index (χ0n) is 13.2. The molecule has 2 N–H and O–H groups in total. The molecule has 0 aliphatic heterocycles. The molecule has 1 fully saturated rings. The van der Waals surface area contributed by atoms with Gasteiger partial charge in [0, 0.05) is 24.6 Å². The molecule has 0 bridgehead atoms. The van der Waals surface area contributed by atoms with E-state index < -0.39 is 0 Å². The molecule has 1 aliphatic carbocycles. The van der Waals surface area contributed by atoms with Gasteiger partial charge in [-0.05, 0) is 25.7 Å². The van der Waals surface area contributed by atoms with Gasteiger partial charge in [-0.1, -0.05) is 33.6 Å². The molecule has 2 atom stereocenters. The van der Waals surface area contributed by atoms with E-state index in [9.17, 15) is 0 Å². The van der Waals surface area contributed by atoms with Crippen LogP contribution in [-0.2, 0) is 0 Å². The summed E-state index contributed by atoms with van der Waals surface area (Å²) < 4.78 is 0. The highest BCUT2D eigenvalue weighted by Gasteiger charge is 2.21. The molecule has 4 nitrogen and oxygen atoms in total. The number of rotatable bonds is 5. The molecular weight excluding hydrogens is 248 g/mol. The average molecular weight is 276 g/mol. The van der Waals surface area contributed by atoms with Gasteiger partial charge in [-0.3, -0.25) is 0 Å². The summed E-state index contributed by atoms with van der Waals surface area (Å²) in [6, 6.07) is 2.59. The molecule has 20 heavy (non-hydrogen) atoms. The lowest BCUT2D eigenvalue weighted by Crippen LogP contribution is -2.30. The van der Waals surface area contributed by atoms with Gasteiger partial charge < -0.3 is 10.6 Å². The van der Waals surface area contributed by atoms with Crippen LogP contribution in [0.25, 0.3) is 0 Å². The number of hydrogen-bond donors (Lipinski definition) is 2. The van der Waals surface area contributed by atoms with Crippen LogP contribution in [-0.4, -0.2) is 22.6 Å². The summed E-state index contributed by atoms with van der Waals surface area (Å²) in [5.41, 5.74) is 0. The first-order chi connectivity index (χ1) is 9.60. The van der Waals surface area contributed by atoms with Crippen molar-refractivity contribution in [2.45, 2.75) is 65.3 Å². The van der Waals surface area contributed by atoms with Crippen molar-refractivity contribution in [1.82, 2.24) is 9.97 Å². The fraction of sp³-hybridized carbons (Fsp3) is 0.750. The maximum Gasteiger partial charge on any atom is 0.135 e. The van der Waals surface area contributed by atoms with Crippen molar-refractivity contribution in [1.29, 1.82) is 0 Å². The van der Waals surface area contributed by atoms with Gasteiger partial charge in [0.2, 0.25) is 0 Å². The van der Waals surface area contributed by atoms with E-state index in [4.69, 9.17) is 0 Å². The highest BCUT2D eigenvalue weighted by molar-refractivity contribution is 5.48.